The summed E-state index contributed by atoms with van der Waals surface area (Å²) in [5.41, 5.74) is 1.60. The van der Waals surface area contributed by atoms with E-state index in [4.69, 9.17) is 11.6 Å². The predicted molar refractivity (Wildman–Crippen MR) is 92.9 cm³/mol. The van der Waals surface area contributed by atoms with Gasteiger partial charge in [0.1, 0.15) is 11.6 Å². The number of halogens is 1. The van der Waals surface area contributed by atoms with Gasteiger partial charge in [-0.05, 0) is 25.5 Å². The monoisotopic (exact) mass is 330 g/mol. The molecular weight excluding hydrogens is 312 g/mol. The molecule has 0 amide bonds. The van der Waals surface area contributed by atoms with Crippen molar-refractivity contribution < 1.29 is 0 Å². The average molecular weight is 331 g/mol. The molecule has 0 radical (unpaired) electrons. The number of imidazole rings is 1. The molecule has 0 aliphatic carbocycles. The quantitative estimate of drug-likeness (QED) is 0.721. The van der Waals surface area contributed by atoms with Crippen LogP contribution in [0.25, 0.3) is 22.6 Å². The van der Waals surface area contributed by atoms with Crippen molar-refractivity contribution in [1.29, 1.82) is 0 Å². The lowest BCUT2D eigenvalue weighted by Gasteiger charge is -2.06. The summed E-state index contributed by atoms with van der Waals surface area (Å²) in [5.74, 6) is 1.33. The standard InChI is InChI=1S/C17H19ClN4O/c1-3-4-5-9-22-11(2)19-14-16(22)20-15(21-17(14)23)12-7-6-8-13(18)10-12/h6-8,10H,3-5,9H2,1-2H3,(H,20,21,23). The molecule has 23 heavy (non-hydrogen) atoms. The van der Waals surface area contributed by atoms with Crippen LogP contribution in [0.5, 0.6) is 0 Å². The Morgan fingerprint density at radius 3 is 2.83 bits per heavy atom. The molecule has 0 bridgehead atoms. The fourth-order valence-corrected chi connectivity index (χ4v) is 2.87. The fourth-order valence-electron chi connectivity index (χ4n) is 2.68. The van der Waals surface area contributed by atoms with Gasteiger partial charge in [0.05, 0.1) is 0 Å². The van der Waals surface area contributed by atoms with Crippen LogP contribution in [0.3, 0.4) is 0 Å². The van der Waals surface area contributed by atoms with Gasteiger partial charge in [-0.2, -0.15) is 0 Å². The summed E-state index contributed by atoms with van der Waals surface area (Å²) in [6.45, 7) is 4.90. The molecule has 1 aromatic carbocycles. The van der Waals surface area contributed by atoms with E-state index in [9.17, 15) is 4.79 Å². The highest BCUT2D eigenvalue weighted by molar-refractivity contribution is 6.30. The molecule has 0 aliphatic heterocycles. The van der Waals surface area contributed by atoms with Crippen LogP contribution in [-0.4, -0.2) is 19.5 Å². The number of hydrogen-bond acceptors (Lipinski definition) is 3. The van der Waals surface area contributed by atoms with Gasteiger partial charge in [-0.25, -0.2) is 9.97 Å². The molecule has 0 unspecified atom stereocenters. The first kappa shape index (κ1) is 15.7. The Hall–Kier alpha value is -2.14. The Balaban J connectivity index is 2.12. The van der Waals surface area contributed by atoms with Crippen molar-refractivity contribution in [1.82, 2.24) is 19.5 Å². The van der Waals surface area contributed by atoms with E-state index in [1.54, 1.807) is 12.1 Å². The molecule has 120 valence electrons. The summed E-state index contributed by atoms with van der Waals surface area (Å²) in [6, 6.07) is 7.30. The largest absolute Gasteiger partial charge is 0.313 e. The Morgan fingerprint density at radius 1 is 1.26 bits per heavy atom. The Morgan fingerprint density at radius 2 is 2.09 bits per heavy atom. The minimum absolute atomic E-state index is 0.220. The molecule has 3 rings (SSSR count). The molecule has 0 aliphatic rings. The van der Waals surface area contributed by atoms with E-state index in [0.29, 0.717) is 22.0 Å². The van der Waals surface area contributed by atoms with Crippen LogP contribution < -0.4 is 5.56 Å². The average Bonchev–Trinajstić information content (AvgIpc) is 2.84. The van der Waals surface area contributed by atoms with Crippen LogP contribution in [0.4, 0.5) is 0 Å². The Labute approximate surface area is 139 Å². The SMILES string of the molecule is CCCCCn1c(C)nc2c(=O)[nH]c(-c3cccc(Cl)c3)nc21. The highest BCUT2D eigenvalue weighted by Gasteiger charge is 2.14. The van der Waals surface area contributed by atoms with Gasteiger partial charge in [0, 0.05) is 17.1 Å². The molecular formula is C17H19ClN4O. The summed E-state index contributed by atoms with van der Waals surface area (Å²) in [6.07, 6.45) is 3.33. The number of unbranched alkanes of at least 4 members (excludes halogenated alkanes) is 2. The third-order valence-electron chi connectivity index (χ3n) is 3.88. The summed E-state index contributed by atoms with van der Waals surface area (Å²) in [5, 5.41) is 0.609. The lowest BCUT2D eigenvalue weighted by atomic mass is 10.2. The van der Waals surface area contributed by atoms with Gasteiger partial charge in [0.2, 0.25) is 0 Å². The first-order valence-corrected chi connectivity index (χ1v) is 8.21. The minimum atomic E-state index is -0.220. The Bertz CT molecular complexity index is 897. The van der Waals surface area contributed by atoms with Gasteiger partial charge in [0.15, 0.2) is 11.2 Å². The van der Waals surface area contributed by atoms with Crippen molar-refractivity contribution in [2.45, 2.75) is 39.7 Å². The van der Waals surface area contributed by atoms with Gasteiger partial charge in [-0.15, -0.1) is 0 Å². The maximum Gasteiger partial charge on any atom is 0.279 e. The number of H-pyrrole nitrogens is 1. The van der Waals surface area contributed by atoms with Crippen LogP contribution in [0.1, 0.15) is 32.0 Å². The van der Waals surface area contributed by atoms with Crippen molar-refractivity contribution in [2.75, 3.05) is 0 Å². The zero-order chi connectivity index (χ0) is 16.4. The fraction of sp³-hybridized carbons (Fsp3) is 0.353. The first-order valence-electron chi connectivity index (χ1n) is 7.83. The van der Waals surface area contributed by atoms with Crippen LogP contribution in [0, 0.1) is 6.92 Å². The second-order valence-corrected chi connectivity index (χ2v) is 6.05. The van der Waals surface area contributed by atoms with E-state index in [2.05, 4.69) is 21.9 Å². The molecule has 1 N–H and O–H groups in total. The zero-order valence-corrected chi connectivity index (χ0v) is 14.0. The Kier molecular flexibility index (Phi) is 4.48. The van der Waals surface area contributed by atoms with Crippen molar-refractivity contribution in [2.24, 2.45) is 0 Å². The van der Waals surface area contributed by atoms with Crippen molar-refractivity contribution in [3.05, 3.63) is 45.5 Å². The van der Waals surface area contributed by atoms with Crippen LogP contribution >= 0.6 is 11.6 Å². The summed E-state index contributed by atoms with van der Waals surface area (Å²) in [4.78, 5) is 24.2. The van der Waals surface area contributed by atoms with E-state index in [1.165, 1.54) is 0 Å². The number of nitrogens with one attached hydrogen (secondary N) is 1. The van der Waals surface area contributed by atoms with Crippen molar-refractivity contribution in [3.8, 4) is 11.4 Å². The molecule has 0 fully saturated rings. The smallest absolute Gasteiger partial charge is 0.279 e. The van der Waals surface area contributed by atoms with Gasteiger partial charge < -0.3 is 9.55 Å². The second kappa shape index (κ2) is 6.54. The third kappa shape index (κ3) is 3.15. The summed E-state index contributed by atoms with van der Waals surface area (Å²) in [7, 11) is 0. The predicted octanol–water partition coefficient (Wildman–Crippen LogP) is 3.94. The molecule has 0 atom stereocenters. The highest BCUT2D eigenvalue weighted by Crippen LogP contribution is 2.20. The summed E-state index contributed by atoms with van der Waals surface area (Å²) < 4.78 is 2.02. The van der Waals surface area contributed by atoms with Crippen LogP contribution in [0.2, 0.25) is 5.02 Å². The van der Waals surface area contributed by atoms with Crippen molar-refractivity contribution in [3.63, 3.8) is 0 Å². The molecule has 5 nitrogen and oxygen atoms in total. The van der Waals surface area contributed by atoms with Crippen LogP contribution in [-0.2, 0) is 6.54 Å². The third-order valence-corrected chi connectivity index (χ3v) is 4.11. The van der Waals surface area contributed by atoms with Crippen LogP contribution in [0.15, 0.2) is 29.1 Å². The molecule has 2 aromatic heterocycles. The molecule has 0 spiro atoms. The number of rotatable bonds is 5. The van der Waals surface area contributed by atoms with Gasteiger partial charge in [-0.1, -0.05) is 43.5 Å². The number of fused-ring (bicyclic) bond motifs is 1. The number of aromatic nitrogens is 4. The zero-order valence-electron chi connectivity index (χ0n) is 13.3. The maximum atomic E-state index is 12.3. The number of benzene rings is 1. The lowest BCUT2D eigenvalue weighted by Crippen LogP contribution is -2.11. The second-order valence-electron chi connectivity index (χ2n) is 5.61. The van der Waals surface area contributed by atoms with Gasteiger partial charge in [-0.3, -0.25) is 4.79 Å². The van der Waals surface area contributed by atoms with E-state index in [0.717, 1.165) is 37.2 Å². The molecule has 0 saturated heterocycles. The van der Waals surface area contributed by atoms with Crippen molar-refractivity contribution >= 4 is 22.8 Å². The molecule has 6 heteroatoms. The van der Waals surface area contributed by atoms with Gasteiger partial charge >= 0.3 is 0 Å². The normalized spacial score (nSPS) is 11.3. The highest BCUT2D eigenvalue weighted by atomic mass is 35.5. The molecule has 2 heterocycles. The number of aryl methyl sites for hydroxylation is 2. The minimum Gasteiger partial charge on any atom is -0.313 e. The number of aromatic amines is 1. The first-order chi connectivity index (χ1) is 11.1. The topological polar surface area (TPSA) is 63.6 Å². The van der Waals surface area contributed by atoms with Gasteiger partial charge in [0.25, 0.3) is 5.56 Å². The number of nitrogens with zero attached hydrogens (tertiary/aromatic N) is 3. The molecule has 3 aromatic rings. The number of hydrogen-bond donors (Lipinski definition) is 1. The summed E-state index contributed by atoms with van der Waals surface area (Å²) >= 11 is 6.04. The maximum absolute atomic E-state index is 12.3. The van der Waals surface area contributed by atoms with E-state index < -0.39 is 0 Å². The van der Waals surface area contributed by atoms with E-state index in [1.807, 2.05) is 23.6 Å². The van der Waals surface area contributed by atoms with E-state index in [-0.39, 0.29) is 5.56 Å². The lowest BCUT2D eigenvalue weighted by molar-refractivity contribution is 0.599. The molecule has 0 saturated carbocycles. The van der Waals surface area contributed by atoms with E-state index >= 15 is 0 Å².